The minimum absolute atomic E-state index is 0.163. The number of carbonyl (C=O) groups excluding carboxylic acids is 1. The van der Waals surface area contributed by atoms with Gasteiger partial charge in [-0.2, -0.15) is 0 Å². The molecule has 0 fully saturated rings. The molecule has 2 nitrogen and oxygen atoms in total. The summed E-state index contributed by atoms with van der Waals surface area (Å²) < 4.78 is 5.04. The van der Waals surface area contributed by atoms with Crippen LogP contribution in [0.4, 0.5) is 0 Å². The molecular weight excluding hydrogens is 308 g/mol. The number of allylic oxidation sites excluding steroid dienone is 9. The van der Waals surface area contributed by atoms with Gasteiger partial charge in [-0.1, -0.05) is 67.9 Å². The monoisotopic (exact) mass is 342 g/mol. The maximum Gasteiger partial charge on any atom is 0.305 e. The van der Waals surface area contributed by atoms with Gasteiger partial charge in [-0.3, -0.25) is 4.79 Å². The van der Waals surface area contributed by atoms with Crippen LogP contribution in [-0.2, 0) is 9.53 Å². The summed E-state index contributed by atoms with van der Waals surface area (Å²) in [6, 6.07) is 0. The van der Waals surface area contributed by atoms with E-state index in [1.807, 2.05) is 25.2 Å². The van der Waals surface area contributed by atoms with Crippen LogP contribution >= 0.6 is 0 Å². The fourth-order valence-electron chi connectivity index (χ4n) is 3.07. The molecule has 0 spiro atoms. The van der Waals surface area contributed by atoms with Crippen LogP contribution < -0.4 is 0 Å². The van der Waals surface area contributed by atoms with Gasteiger partial charge in [0, 0.05) is 6.42 Å². The molecule has 2 heteroatoms. The topological polar surface area (TPSA) is 26.3 Å². The van der Waals surface area contributed by atoms with Crippen molar-refractivity contribution in [2.45, 2.75) is 67.2 Å². The normalized spacial score (nSPS) is 19.1. The average molecular weight is 343 g/mol. The summed E-state index contributed by atoms with van der Waals surface area (Å²) in [7, 11) is 0. The van der Waals surface area contributed by atoms with Crippen LogP contribution in [-0.4, -0.2) is 12.6 Å². The minimum atomic E-state index is -0.163. The molecule has 0 heterocycles. The first-order chi connectivity index (χ1) is 11.8. The number of rotatable bonds is 7. The van der Waals surface area contributed by atoms with E-state index in [1.54, 1.807) is 6.92 Å². The molecule has 0 aromatic heterocycles. The van der Waals surface area contributed by atoms with E-state index in [1.165, 1.54) is 36.0 Å². The van der Waals surface area contributed by atoms with Crippen molar-refractivity contribution in [3.05, 3.63) is 58.7 Å². The van der Waals surface area contributed by atoms with Gasteiger partial charge in [-0.15, -0.1) is 0 Å². The van der Waals surface area contributed by atoms with Crippen LogP contribution in [0.5, 0.6) is 0 Å². The molecule has 0 unspecified atom stereocenters. The quantitative estimate of drug-likeness (QED) is 0.391. The van der Waals surface area contributed by atoms with E-state index in [0.717, 1.165) is 5.57 Å². The highest BCUT2D eigenvalue weighted by Crippen LogP contribution is 2.40. The average Bonchev–Trinajstić information content (AvgIpc) is 2.53. The van der Waals surface area contributed by atoms with Gasteiger partial charge < -0.3 is 4.74 Å². The predicted octanol–water partition coefficient (Wildman–Crippen LogP) is 6.47. The van der Waals surface area contributed by atoms with Gasteiger partial charge in [-0.25, -0.2) is 0 Å². The first-order valence-corrected chi connectivity index (χ1v) is 9.32. The summed E-state index contributed by atoms with van der Waals surface area (Å²) in [4.78, 5) is 11.1. The summed E-state index contributed by atoms with van der Waals surface area (Å²) >= 11 is 0. The number of ether oxygens (including phenoxy) is 1. The first kappa shape index (κ1) is 21.2. The molecule has 0 aromatic rings. The van der Waals surface area contributed by atoms with Gasteiger partial charge in [0.05, 0.1) is 0 Å². The van der Waals surface area contributed by atoms with Crippen LogP contribution in [0.3, 0.4) is 0 Å². The molecular formula is C23H34O2. The second-order valence-corrected chi connectivity index (χ2v) is 7.52. The van der Waals surface area contributed by atoms with Crippen LogP contribution in [0.25, 0.3) is 0 Å². The predicted molar refractivity (Wildman–Crippen MR) is 107 cm³/mol. The molecule has 0 bridgehead atoms. The molecule has 0 amide bonds. The molecule has 0 N–H and O–H groups in total. The summed E-state index contributed by atoms with van der Waals surface area (Å²) in [6.45, 7) is 13.2. The van der Waals surface area contributed by atoms with E-state index in [9.17, 15) is 4.79 Å². The van der Waals surface area contributed by atoms with E-state index in [4.69, 9.17) is 4.74 Å². The van der Waals surface area contributed by atoms with Crippen molar-refractivity contribution in [1.82, 2.24) is 0 Å². The molecule has 0 aliphatic heterocycles. The molecule has 0 saturated heterocycles. The fraction of sp³-hybridized carbons (Fsp3) is 0.522. The summed E-state index contributed by atoms with van der Waals surface area (Å²) in [5.74, 6) is -0.163. The Morgan fingerprint density at radius 1 is 1.20 bits per heavy atom. The van der Waals surface area contributed by atoms with Gasteiger partial charge in [0.1, 0.15) is 6.61 Å². The van der Waals surface area contributed by atoms with Crippen molar-refractivity contribution in [2.75, 3.05) is 6.61 Å². The lowest BCUT2D eigenvalue weighted by Gasteiger charge is -2.32. The Kier molecular flexibility index (Phi) is 8.68. The second-order valence-electron chi connectivity index (χ2n) is 7.52. The second kappa shape index (κ2) is 10.2. The highest BCUT2D eigenvalue weighted by Gasteiger charge is 2.26. The Morgan fingerprint density at radius 2 is 1.92 bits per heavy atom. The summed E-state index contributed by atoms with van der Waals surface area (Å²) in [5, 5.41) is 0. The first-order valence-electron chi connectivity index (χ1n) is 9.32. The van der Waals surface area contributed by atoms with E-state index >= 15 is 0 Å². The van der Waals surface area contributed by atoms with Gasteiger partial charge in [0.2, 0.25) is 0 Å². The van der Waals surface area contributed by atoms with Crippen molar-refractivity contribution in [1.29, 1.82) is 0 Å². The zero-order chi connectivity index (χ0) is 18.9. The maximum absolute atomic E-state index is 11.1. The zero-order valence-corrected chi connectivity index (χ0v) is 16.8. The number of carbonyl (C=O) groups is 1. The lowest BCUT2D eigenvalue weighted by atomic mass is 9.72. The Balaban J connectivity index is 2.63. The number of esters is 1. The minimum Gasteiger partial charge on any atom is -0.461 e. The summed E-state index contributed by atoms with van der Waals surface area (Å²) in [6.07, 6.45) is 16.8. The summed E-state index contributed by atoms with van der Waals surface area (Å²) in [5.41, 5.74) is 5.61. The number of hydrogen-bond donors (Lipinski definition) is 0. The van der Waals surface area contributed by atoms with Gasteiger partial charge in [0.25, 0.3) is 0 Å². The molecule has 1 aliphatic carbocycles. The molecule has 0 radical (unpaired) electrons. The third-order valence-corrected chi connectivity index (χ3v) is 4.71. The Labute approximate surface area is 154 Å². The molecule has 25 heavy (non-hydrogen) atoms. The zero-order valence-electron chi connectivity index (χ0n) is 16.8. The van der Waals surface area contributed by atoms with Crippen LogP contribution in [0, 0.1) is 5.41 Å². The Hall–Kier alpha value is -1.83. The van der Waals surface area contributed by atoms with Crippen LogP contribution in [0.15, 0.2) is 58.7 Å². The molecule has 1 rings (SSSR count). The van der Waals surface area contributed by atoms with E-state index in [2.05, 4.69) is 45.9 Å². The van der Waals surface area contributed by atoms with Crippen molar-refractivity contribution >= 4 is 5.97 Å². The highest BCUT2D eigenvalue weighted by molar-refractivity contribution is 5.68. The fourth-order valence-corrected chi connectivity index (χ4v) is 3.07. The molecule has 0 atom stereocenters. The number of hydrogen-bond acceptors (Lipinski definition) is 2. The van der Waals surface area contributed by atoms with Crippen molar-refractivity contribution in [3.63, 3.8) is 0 Å². The molecule has 1 aliphatic rings. The largest absolute Gasteiger partial charge is 0.461 e. The van der Waals surface area contributed by atoms with Crippen LogP contribution in [0.1, 0.15) is 67.2 Å². The highest BCUT2D eigenvalue weighted by atomic mass is 16.5. The van der Waals surface area contributed by atoms with Crippen molar-refractivity contribution in [2.24, 2.45) is 5.41 Å². The van der Waals surface area contributed by atoms with Gasteiger partial charge in [-0.05, 0) is 57.1 Å². The smallest absolute Gasteiger partial charge is 0.305 e. The molecule has 0 aromatic carbocycles. The van der Waals surface area contributed by atoms with Gasteiger partial charge in [0.15, 0.2) is 0 Å². The third-order valence-electron chi connectivity index (χ3n) is 4.71. The third kappa shape index (κ3) is 7.72. The van der Waals surface area contributed by atoms with E-state index in [0.29, 0.717) is 13.0 Å². The van der Waals surface area contributed by atoms with Crippen molar-refractivity contribution in [3.8, 4) is 0 Å². The van der Waals surface area contributed by atoms with E-state index < -0.39 is 0 Å². The molecule has 138 valence electrons. The Bertz CT molecular complexity index is 610. The molecule has 0 saturated carbocycles. The van der Waals surface area contributed by atoms with Crippen molar-refractivity contribution < 1.29 is 9.53 Å². The lowest BCUT2D eigenvalue weighted by molar-refractivity contribution is -0.141. The lowest BCUT2D eigenvalue weighted by Crippen LogP contribution is -2.19. The standard InChI is InChI=1S/C23H34O2/c1-7-22(24)25-17-15-19(3)11-8-10-18(2)13-14-21-20(4)12-9-16-23(21,5)6/h8,10-11,13-15H,7,9,12,16-17H2,1-6H3/b11-8+,14-13+,18-10+,19-15-. The Morgan fingerprint density at radius 3 is 2.56 bits per heavy atom. The van der Waals surface area contributed by atoms with Gasteiger partial charge >= 0.3 is 5.97 Å². The SMILES string of the molecule is CCC(=O)OC\C=C(C)/C=C/C=C(C)/C=C/C1=C(C)CCCC1(C)C. The van der Waals surface area contributed by atoms with E-state index in [-0.39, 0.29) is 11.4 Å². The van der Waals surface area contributed by atoms with Crippen LogP contribution in [0.2, 0.25) is 0 Å². The maximum atomic E-state index is 11.1.